The summed E-state index contributed by atoms with van der Waals surface area (Å²) in [5.74, 6) is -0.290. The van der Waals surface area contributed by atoms with Gasteiger partial charge in [0.25, 0.3) is 0 Å². The molecule has 1 heterocycles. The maximum Gasteiger partial charge on any atom is 0.308 e. The van der Waals surface area contributed by atoms with Crippen LogP contribution in [0.25, 0.3) is 0 Å². The summed E-state index contributed by atoms with van der Waals surface area (Å²) in [6.07, 6.45) is 4.15. The van der Waals surface area contributed by atoms with Crippen molar-refractivity contribution < 1.29 is 9.53 Å². The number of esters is 1. The number of methoxy groups -OCH3 is 1. The van der Waals surface area contributed by atoms with Gasteiger partial charge in [-0.1, -0.05) is 6.92 Å². The van der Waals surface area contributed by atoms with Crippen molar-refractivity contribution in [2.75, 3.05) is 7.11 Å². The van der Waals surface area contributed by atoms with Crippen LogP contribution in [0.15, 0.2) is 12.5 Å². The summed E-state index contributed by atoms with van der Waals surface area (Å²) >= 11 is 0. The van der Waals surface area contributed by atoms with E-state index in [0.717, 1.165) is 5.69 Å². The van der Waals surface area contributed by atoms with Crippen LogP contribution in [0, 0.1) is 5.92 Å². The Labute approximate surface area is 77.5 Å². The van der Waals surface area contributed by atoms with E-state index in [0.29, 0.717) is 6.42 Å². The fourth-order valence-electron chi connectivity index (χ4n) is 1.18. The average Bonchev–Trinajstić information content (AvgIpc) is 2.50. The van der Waals surface area contributed by atoms with Crippen molar-refractivity contribution in [2.45, 2.75) is 13.3 Å². The average molecular weight is 182 g/mol. The smallest absolute Gasteiger partial charge is 0.308 e. The van der Waals surface area contributed by atoms with Crippen LogP contribution in [0.4, 0.5) is 0 Å². The van der Waals surface area contributed by atoms with Crippen LogP contribution in [0.1, 0.15) is 12.6 Å². The number of rotatable bonds is 3. The molecule has 72 valence electrons. The number of nitrogens with zero attached hydrogens (tertiary/aromatic N) is 2. The quantitative estimate of drug-likeness (QED) is 0.648. The number of carbonyl (C=O) groups is 1. The van der Waals surface area contributed by atoms with Gasteiger partial charge >= 0.3 is 5.97 Å². The third-order valence-corrected chi connectivity index (χ3v) is 2.04. The molecule has 1 aromatic rings. The molecule has 0 saturated heterocycles. The molecule has 4 nitrogen and oxygen atoms in total. The Morgan fingerprint density at radius 3 is 2.92 bits per heavy atom. The highest BCUT2D eigenvalue weighted by Gasteiger charge is 2.14. The highest BCUT2D eigenvalue weighted by Crippen LogP contribution is 2.08. The molecule has 0 aliphatic heterocycles. The van der Waals surface area contributed by atoms with Gasteiger partial charge in [0.15, 0.2) is 0 Å². The van der Waals surface area contributed by atoms with Crippen molar-refractivity contribution >= 4 is 5.97 Å². The van der Waals surface area contributed by atoms with Gasteiger partial charge in [-0.3, -0.25) is 4.79 Å². The fraction of sp³-hybridized carbons (Fsp3) is 0.556. The Bertz CT molecular complexity index is 294. The summed E-state index contributed by atoms with van der Waals surface area (Å²) in [6, 6.07) is 0. The van der Waals surface area contributed by atoms with Gasteiger partial charge < -0.3 is 9.30 Å². The van der Waals surface area contributed by atoms with Crippen LogP contribution in [0.5, 0.6) is 0 Å². The Balaban J connectivity index is 2.59. The number of hydrogen-bond acceptors (Lipinski definition) is 3. The number of carbonyl (C=O) groups excluding carboxylic acids is 1. The first-order valence-corrected chi connectivity index (χ1v) is 4.18. The van der Waals surface area contributed by atoms with Crippen LogP contribution >= 0.6 is 0 Å². The first-order valence-electron chi connectivity index (χ1n) is 4.18. The van der Waals surface area contributed by atoms with E-state index >= 15 is 0 Å². The van der Waals surface area contributed by atoms with Crippen LogP contribution in [-0.4, -0.2) is 22.6 Å². The van der Waals surface area contributed by atoms with Crippen molar-refractivity contribution in [2.24, 2.45) is 13.0 Å². The van der Waals surface area contributed by atoms with Crippen LogP contribution < -0.4 is 0 Å². The maximum atomic E-state index is 11.1. The lowest BCUT2D eigenvalue weighted by Crippen LogP contribution is -2.16. The number of ether oxygens (including phenoxy) is 1. The van der Waals surface area contributed by atoms with Crippen LogP contribution in [0.2, 0.25) is 0 Å². The molecule has 0 radical (unpaired) electrons. The fourth-order valence-corrected chi connectivity index (χ4v) is 1.18. The first-order chi connectivity index (χ1) is 6.15. The Morgan fingerprint density at radius 2 is 2.46 bits per heavy atom. The highest BCUT2D eigenvalue weighted by atomic mass is 16.5. The zero-order valence-electron chi connectivity index (χ0n) is 8.15. The molecule has 0 N–H and O–H groups in total. The summed E-state index contributed by atoms with van der Waals surface area (Å²) < 4.78 is 6.53. The van der Waals surface area contributed by atoms with Gasteiger partial charge in [0, 0.05) is 25.4 Å². The Kier molecular flexibility index (Phi) is 3.06. The molecule has 0 aromatic carbocycles. The molecule has 0 saturated carbocycles. The van der Waals surface area contributed by atoms with Crippen molar-refractivity contribution in [3.63, 3.8) is 0 Å². The molecule has 13 heavy (non-hydrogen) atoms. The molecule has 0 fully saturated rings. The molecule has 1 aromatic heterocycles. The molecule has 0 aliphatic carbocycles. The second kappa shape index (κ2) is 4.07. The molecular formula is C9H14N2O2. The predicted octanol–water partition coefficient (Wildman–Crippen LogP) is 0.772. The van der Waals surface area contributed by atoms with Crippen molar-refractivity contribution in [1.82, 2.24) is 9.55 Å². The van der Waals surface area contributed by atoms with E-state index < -0.39 is 0 Å². The molecular weight excluding hydrogens is 168 g/mol. The lowest BCUT2D eigenvalue weighted by atomic mass is 10.1. The summed E-state index contributed by atoms with van der Waals surface area (Å²) in [7, 11) is 3.31. The van der Waals surface area contributed by atoms with Gasteiger partial charge in [0.2, 0.25) is 0 Å². The number of aryl methyl sites for hydroxylation is 1. The van der Waals surface area contributed by atoms with Gasteiger partial charge in [0.05, 0.1) is 19.4 Å². The van der Waals surface area contributed by atoms with E-state index in [1.165, 1.54) is 7.11 Å². The van der Waals surface area contributed by atoms with E-state index in [9.17, 15) is 4.79 Å². The van der Waals surface area contributed by atoms with Crippen molar-refractivity contribution in [3.8, 4) is 0 Å². The normalized spacial score (nSPS) is 12.5. The van der Waals surface area contributed by atoms with E-state index in [1.54, 1.807) is 12.5 Å². The summed E-state index contributed by atoms with van der Waals surface area (Å²) in [6.45, 7) is 1.85. The van der Waals surface area contributed by atoms with Crippen LogP contribution in [-0.2, 0) is 23.0 Å². The topological polar surface area (TPSA) is 44.1 Å². The molecule has 0 aliphatic rings. The number of aromatic nitrogens is 2. The zero-order chi connectivity index (χ0) is 9.84. The first kappa shape index (κ1) is 9.77. The molecule has 0 bridgehead atoms. The Morgan fingerprint density at radius 1 is 1.77 bits per heavy atom. The monoisotopic (exact) mass is 182 g/mol. The minimum Gasteiger partial charge on any atom is -0.469 e. The summed E-state index contributed by atoms with van der Waals surface area (Å²) in [5.41, 5.74) is 1.04. The number of imidazole rings is 1. The zero-order valence-corrected chi connectivity index (χ0v) is 8.15. The SMILES string of the molecule is COC(=O)C(C)Cc1cncn1C. The van der Waals surface area contributed by atoms with Gasteiger partial charge in [-0.2, -0.15) is 0 Å². The third kappa shape index (κ3) is 2.31. The second-order valence-electron chi connectivity index (χ2n) is 3.12. The van der Waals surface area contributed by atoms with E-state index in [2.05, 4.69) is 9.72 Å². The Hall–Kier alpha value is -1.32. The molecule has 1 unspecified atom stereocenters. The molecule has 4 heteroatoms. The summed E-state index contributed by atoms with van der Waals surface area (Å²) in [4.78, 5) is 15.1. The minimum atomic E-state index is -0.179. The molecule has 0 amide bonds. The molecule has 0 spiro atoms. The van der Waals surface area contributed by atoms with Gasteiger partial charge in [-0.05, 0) is 0 Å². The van der Waals surface area contributed by atoms with E-state index in [4.69, 9.17) is 0 Å². The largest absolute Gasteiger partial charge is 0.469 e. The third-order valence-electron chi connectivity index (χ3n) is 2.04. The highest BCUT2D eigenvalue weighted by molar-refractivity contribution is 5.72. The predicted molar refractivity (Wildman–Crippen MR) is 48.1 cm³/mol. The summed E-state index contributed by atoms with van der Waals surface area (Å²) in [5, 5.41) is 0. The maximum absolute atomic E-state index is 11.1. The molecule has 1 rings (SSSR count). The van der Waals surface area contributed by atoms with Crippen molar-refractivity contribution in [1.29, 1.82) is 0 Å². The van der Waals surface area contributed by atoms with Gasteiger partial charge in [0.1, 0.15) is 0 Å². The molecule has 1 atom stereocenters. The second-order valence-corrected chi connectivity index (χ2v) is 3.12. The van der Waals surface area contributed by atoms with Gasteiger partial charge in [-0.25, -0.2) is 4.98 Å². The number of hydrogen-bond donors (Lipinski definition) is 0. The lowest BCUT2D eigenvalue weighted by Gasteiger charge is -2.08. The van der Waals surface area contributed by atoms with E-state index in [-0.39, 0.29) is 11.9 Å². The van der Waals surface area contributed by atoms with Crippen molar-refractivity contribution in [3.05, 3.63) is 18.2 Å². The van der Waals surface area contributed by atoms with Crippen LogP contribution in [0.3, 0.4) is 0 Å². The standard InChI is InChI=1S/C9H14N2O2/c1-7(9(12)13-3)4-8-5-10-6-11(8)2/h5-7H,4H2,1-3H3. The minimum absolute atomic E-state index is 0.111. The van der Waals surface area contributed by atoms with Gasteiger partial charge in [-0.15, -0.1) is 0 Å². The van der Waals surface area contributed by atoms with E-state index in [1.807, 2.05) is 18.5 Å². The lowest BCUT2D eigenvalue weighted by molar-refractivity contribution is -0.144.